The molecular weight excluding hydrogens is 715 g/mol. The number of piperidine rings is 2. The molecule has 2 amide bonds. The molecule has 2 fully saturated rings. The highest BCUT2D eigenvalue weighted by Gasteiger charge is 2.32. The number of pyridine rings is 1. The van der Waals surface area contributed by atoms with Crippen LogP contribution in [0.4, 0.5) is 13.2 Å². The van der Waals surface area contributed by atoms with Gasteiger partial charge in [-0.1, -0.05) is 30.8 Å². The normalized spacial score (nSPS) is 15.4. The molecule has 1 aromatic heterocycles. The van der Waals surface area contributed by atoms with Crippen LogP contribution in [0.2, 0.25) is 0 Å². The standard InChI is InChI=1S/C42H42F3N3O7/c1-4-39(49)47-20-15-30(16-21-47)53-32-13-11-28(37(27-32)36-9-7-19-46-41(36)52-3)12-14-40(50)48-22-17-31(18-23-48)54-33-24-29(25-34(26-33)55-42(43,44)45)35-8-5-6-10-38(35)51-2/h4-14,19,24-27,30-31H,1,15-18,20-23H2,2-3H3/b14-12+. The Bertz CT molecular complexity index is 2020. The molecule has 0 atom stereocenters. The first-order valence-electron chi connectivity index (χ1n) is 17.9. The largest absolute Gasteiger partial charge is 0.573 e. The van der Waals surface area contributed by atoms with E-state index in [1.54, 1.807) is 59.5 Å². The first kappa shape index (κ1) is 38.7. The third-order valence-corrected chi connectivity index (χ3v) is 9.50. The smallest absolute Gasteiger partial charge is 0.496 e. The van der Waals surface area contributed by atoms with Crippen LogP contribution in [0.25, 0.3) is 28.3 Å². The average molecular weight is 758 g/mol. The van der Waals surface area contributed by atoms with E-state index in [2.05, 4.69) is 16.3 Å². The number of ether oxygens (including phenoxy) is 5. The van der Waals surface area contributed by atoms with Crippen LogP contribution in [0.3, 0.4) is 0 Å². The van der Waals surface area contributed by atoms with Gasteiger partial charge in [-0.25, -0.2) is 4.98 Å². The van der Waals surface area contributed by atoms with Crippen molar-refractivity contribution in [1.82, 2.24) is 14.8 Å². The number of amides is 2. The van der Waals surface area contributed by atoms with E-state index < -0.39 is 12.1 Å². The average Bonchev–Trinajstić information content (AvgIpc) is 3.19. The van der Waals surface area contributed by atoms with Crippen LogP contribution in [0.15, 0.2) is 97.7 Å². The predicted octanol–water partition coefficient (Wildman–Crippen LogP) is 7.97. The summed E-state index contributed by atoms with van der Waals surface area (Å²) in [6, 6.07) is 20.5. The summed E-state index contributed by atoms with van der Waals surface area (Å²) >= 11 is 0. The van der Waals surface area contributed by atoms with E-state index in [1.165, 1.54) is 31.4 Å². The minimum atomic E-state index is -4.89. The zero-order chi connectivity index (χ0) is 39.0. The van der Waals surface area contributed by atoms with E-state index in [4.69, 9.17) is 18.9 Å². The molecule has 0 saturated carbocycles. The lowest BCUT2D eigenvalue weighted by Crippen LogP contribution is -2.41. The van der Waals surface area contributed by atoms with Gasteiger partial charge in [0.15, 0.2) is 0 Å². The van der Waals surface area contributed by atoms with Gasteiger partial charge in [0.05, 0.1) is 14.2 Å². The molecule has 0 spiro atoms. The quantitative estimate of drug-likeness (QED) is 0.134. The van der Waals surface area contributed by atoms with Crippen molar-refractivity contribution in [1.29, 1.82) is 0 Å². The van der Waals surface area contributed by atoms with E-state index in [9.17, 15) is 22.8 Å². The molecule has 6 rings (SSSR count). The van der Waals surface area contributed by atoms with Gasteiger partial charge in [-0.3, -0.25) is 9.59 Å². The van der Waals surface area contributed by atoms with E-state index >= 15 is 0 Å². The Morgan fingerprint density at radius 3 is 2.04 bits per heavy atom. The van der Waals surface area contributed by atoms with Gasteiger partial charge in [0.1, 0.15) is 35.2 Å². The molecular formula is C42H42F3N3O7. The number of carbonyl (C=O) groups is 2. The van der Waals surface area contributed by atoms with E-state index in [0.717, 1.165) is 16.7 Å². The molecule has 2 aliphatic rings. The third-order valence-electron chi connectivity index (χ3n) is 9.50. The van der Waals surface area contributed by atoms with Gasteiger partial charge < -0.3 is 33.5 Å². The SMILES string of the molecule is C=CC(=O)N1CCC(Oc2ccc(/C=C/C(=O)N3CCC(Oc4cc(OC(F)(F)F)cc(-c5ccccc5OC)c4)CC3)c(-c3cccnc3OC)c2)CC1. The van der Waals surface area contributed by atoms with Crippen molar-refractivity contribution in [2.24, 2.45) is 0 Å². The molecule has 10 nitrogen and oxygen atoms in total. The molecule has 0 unspecified atom stereocenters. The number of halogens is 3. The number of carbonyl (C=O) groups excluding carboxylic acids is 2. The first-order chi connectivity index (χ1) is 26.5. The van der Waals surface area contributed by atoms with Crippen LogP contribution in [-0.4, -0.2) is 85.6 Å². The van der Waals surface area contributed by atoms with Crippen molar-refractivity contribution >= 4 is 17.9 Å². The molecule has 0 N–H and O–H groups in total. The molecule has 55 heavy (non-hydrogen) atoms. The van der Waals surface area contributed by atoms with Crippen molar-refractivity contribution in [3.8, 4) is 51.1 Å². The molecule has 2 saturated heterocycles. The number of likely N-dealkylation sites (tertiary alicyclic amines) is 2. The van der Waals surface area contributed by atoms with Crippen molar-refractivity contribution in [3.63, 3.8) is 0 Å². The Labute approximate surface area is 317 Å². The number of benzene rings is 3. The summed E-state index contributed by atoms with van der Waals surface area (Å²) in [5, 5.41) is 0. The lowest BCUT2D eigenvalue weighted by atomic mass is 9.99. The summed E-state index contributed by atoms with van der Waals surface area (Å²) in [4.78, 5) is 33.3. The van der Waals surface area contributed by atoms with Crippen LogP contribution in [0, 0.1) is 0 Å². The number of alkyl halides is 3. The first-order valence-corrected chi connectivity index (χ1v) is 17.9. The Hall–Kier alpha value is -5.98. The lowest BCUT2D eigenvalue weighted by Gasteiger charge is -2.32. The van der Waals surface area contributed by atoms with E-state index in [1.807, 2.05) is 30.3 Å². The van der Waals surface area contributed by atoms with Gasteiger partial charge in [0, 0.05) is 81.3 Å². The second kappa shape index (κ2) is 17.4. The van der Waals surface area contributed by atoms with Crippen LogP contribution in [-0.2, 0) is 9.59 Å². The van der Waals surface area contributed by atoms with Crippen LogP contribution in [0.1, 0.15) is 31.2 Å². The minimum Gasteiger partial charge on any atom is -0.496 e. The number of methoxy groups -OCH3 is 2. The Morgan fingerprint density at radius 1 is 0.745 bits per heavy atom. The van der Waals surface area contributed by atoms with Crippen LogP contribution >= 0.6 is 0 Å². The fraction of sp³-hybridized carbons (Fsp3) is 0.310. The second-order valence-electron chi connectivity index (χ2n) is 13.1. The topological polar surface area (TPSA) is 99.7 Å². The van der Waals surface area contributed by atoms with Crippen LogP contribution < -0.4 is 23.7 Å². The molecule has 2 aliphatic heterocycles. The minimum absolute atomic E-state index is 0.0704. The molecule has 3 heterocycles. The van der Waals surface area contributed by atoms with Gasteiger partial charge >= 0.3 is 6.36 Å². The maximum absolute atomic E-state index is 13.4. The summed E-state index contributed by atoms with van der Waals surface area (Å²) in [6.45, 7) is 5.52. The van der Waals surface area contributed by atoms with Gasteiger partial charge in [-0.2, -0.15) is 0 Å². The molecule has 13 heteroatoms. The lowest BCUT2D eigenvalue weighted by molar-refractivity contribution is -0.274. The third kappa shape index (κ3) is 9.97. The Kier molecular flexibility index (Phi) is 12.3. The maximum atomic E-state index is 13.4. The monoisotopic (exact) mass is 757 g/mol. The highest BCUT2D eigenvalue weighted by atomic mass is 19.4. The summed E-state index contributed by atoms with van der Waals surface area (Å²) in [7, 11) is 3.03. The zero-order valence-corrected chi connectivity index (χ0v) is 30.6. The van der Waals surface area contributed by atoms with Crippen molar-refractivity contribution in [2.45, 2.75) is 44.3 Å². The molecule has 0 aliphatic carbocycles. The number of rotatable bonds is 12. The molecule has 4 aromatic rings. The van der Waals surface area contributed by atoms with Gasteiger partial charge in [-0.15, -0.1) is 13.2 Å². The molecule has 0 bridgehead atoms. The molecule has 0 radical (unpaired) electrons. The number of nitrogens with zero attached hydrogens (tertiary/aromatic N) is 3. The van der Waals surface area contributed by atoms with Crippen molar-refractivity contribution in [3.05, 3.63) is 103 Å². The van der Waals surface area contributed by atoms with Gasteiger partial charge in [-0.05, 0) is 71.3 Å². The fourth-order valence-corrected chi connectivity index (χ4v) is 6.79. The summed E-state index contributed by atoms with van der Waals surface area (Å²) in [5.41, 5.74) is 3.27. The van der Waals surface area contributed by atoms with Crippen molar-refractivity contribution < 1.29 is 46.4 Å². The predicted molar refractivity (Wildman–Crippen MR) is 201 cm³/mol. The zero-order valence-electron chi connectivity index (χ0n) is 30.6. The molecule has 3 aromatic carbocycles. The summed E-state index contributed by atoms with van der Waals surface area (Å²) < 4.78 is 67.5. The summed E-state index contributed by atoms with van der Waals surface area (Å²) in [5.74, 6) is 1.08. The highest BCUT2D eigenvalue weighted by molar-refractivity contribution is 5.93. The van der Waals surface area contributed by atoms with Crippen molar-refractivity contribution in [2.75, 3.05) is 40.4 Å². The maximum Gasteiger partial charge on any atom is 0.573 e. The van der Waals surface area contributed by atoms with Crippen LogP contribution in [0.5, 0.6) is 28.9 Å². The van der Waals surface area contributed by atoms with Gasteiger partial charge in [0.25, 0.3) is 0 Å². The summed E-state index contributed by atoms with van der Waals surface area (Å²) in [6.07, 6.45) is 3.25. The fourth-order valence-electron chi connectivity index (χ4n) is 6.79. The number of hydrogen-bond donors (Lipinski definition) is 0. The highest BCUT2D eigenvalue weighted by Crippen LogP contribution is 2.38. The number of para-hydroxylation sites is 1. The van der Waals surface area contributed by atoms with Gasteiger partial charge in [0.2, 0.25) is 17.7 Å². The Balaban J connectivity index is 1.13. The Morgan fingerprint density at radius 2 is 1.38 bits per heavy atom. The van der Waals surface area contributed by atoms with E-state index in [0.29, 0.717) is 80.4 Å². The second-order valence-corrected chi connectivity index (χ2v) is 13.1. The molecule has 288 valence electrons. The number of aromatic nitrogens is 1. The number of hydrogen-bond acceptors (Lipinski definition) is 8. The van der Waals surface area contributed by atoms with E-state index in [-0.39, 0.29) is 29.8 Å².